The number of aliphatic hydroxyl groups excluding tert-OH is 1. The van der Waals surface area contributed by atoms with Crippen molar-refractivity contribution in [2.75, 3.05) is 31.8 Å². The number of aliphatic hydroxyl groups is 1. The van der Waals surface area contributed by atoms with Crippen molar-refractivity contribution in [1.29, 1.82) is 0 Å². The van der Waals surface area contributed by atoms with E-state index in [0.29, 0.717) is 52.7 Å². The SMILES string of the molecule is CCCCOc1ccc(C2C(C(=O)c3cc4cccc(OC)c4o3)=C(O)C(=O)N2c2nc(C)c(C(=O)OCC)s2)cc1OCC. The number of hydrogen-bond donors (Lipinski definition) is 1. The van der Waals surface area contributed by atoms with Crippen LogP contribution in [0.15, 0.2) is 58.2 Å². The molecule has 0 fully saturated rings. The number of furan rings is 1. The van der Waals surface area contributed by atoms with E-state index in [1.54, 1.807) is 50.2 Å². The monoisotopic (exact) mass is 634 g/mol. The Morgan fingerprint density at radius 1 is 1.04 bits per heavy atom. The number of aryl methyl sites for hydroxylation is 1. The fourth-order valence-corrected chi connectivity index (χ4v) is 6.06. The number of ether oxygens (including phenoxy) is 4. The Hall–Kier alpha value is -4.84. The first kappa shape index (κ1) is 31.6. The van der Waals surface area contributed by atoms with Gasteiger partial charge in [-0.3, -0.25) is 14.5 Å². The zero-order valence-electron chi connectivity index (χ0n) is 25.7. The van der Waals surface area contributed by atoms with E-state index in [4.69, 9.17) is 23.4 Å². The van der Waals surface area contributed by atoms with Crippen LogP contribution in [0.1, 0.15) is 71.1 Å². The van der Waals surface area contributed by atoms with E-state index in [2.05, 4.69) is 11.9 Å². The van der Waals surface area contributed by atoms with Crippen molar-refractivity contribution in [3.05, 3.63) is 75.7 Å². The fraction of sp³-hybridized carbons (Fsp3) is 0.333. The molecule has 2 aromatic carbocycles. The number of benzene rings is 2. The average Bonchev–Trinajstić information content (AvgIpc) is 3.71. The second-order valence-electron chi connectivity index (χ2n) is 10.1. The van der Waals surface area contributed by atoms with E-state index < -0.39 is 29.5 Å². The standard InChI is InChI=1S/C33H34N2O9S/c1-6-9-15-43-21-14-13-19(16-23(21)41-7-2)26-25(27(36)24-17-20-11-10-12-22(40-5)29(20)44-24)28(37)31(38)35(26)33-34-18(4)30(45-33)32(39)42-8-3/h10-14,16-17,26,37H,6-9,15H2,1-5H3. The normalized spacial score (nSPS) is 14.7. The van der Waals surface area contributed by atoms with E-state index >= 15 is 0 Å². The molecule has 0 saturated carbocycles. The molecule has 2 aromatic heterocycles. The third-order valence-electron chi connectivity index (χ3n) is 7.20. The van der Waals surface area contributed by atoms with Crippen LogP contribution in [-0.4, -0.2) is 54.7 Å². The quantitative estimate of drug-likeness (QED) is 0.0956. The molecule has 1 aliphatic rings. The number of unbranched alkanes of at least 4 members (excludes halogenated alkanes) is 1. The van der Waals surface area contributed by atoms with Gasteiger partial charge in [-0.1, -0.05) is 42.9 Å². The third kappa shape index (κ3) is 5.97. The van der Waals surface area contributed by atoms with E-state index in [1.807, 2.05) is 6.92 Å². The molecule has 1 unspecified atom stereocenters. The maximum absolute atomic E-state index is 14.2. The molecule has 45 heavy (non-hydrogen) atoms. The summed E-state index contributed by atoms with van der Waals surface area (Å²) in [6, 6.07) is 10.7. The lowest BCUT2D eigenvalue weighted by Crippen LogP contribution is -2.31. The van der Waals surface area contributed by atoms with Crippen LogP contribution < -0.4 is 19.1 Å². The van der Waals surface area contributed by atoms with Gasteiger partial charge < -0.3 is 28.5 Å². The predicted molar refractivity (Wildman–Crippen MR) is 168 cm³/mol. The molecule has 1 atom stereocenters. The third-order valence-corrected chi connectivity index (χ3v) is 8.33. The van der Waals surface area contributed by atoms with Gasteiger partial charge in [0.25, 0.3) is 5.91 Å². The largest absolute Gasteiger partial charge is 0.503 e. The highest BCUT2D eigenvalue weighted by Gasteiger charge is 2.47. The first-order chi connectivity index (χ1) is 21.7. The van der Waals surface area contributed by atoms with Crippen molar-refractivity contribution in [3.8, 4) is 17.2 Å². The Bertz CT molecular complexity index is 1790. The Labute approximate surface area is 264 Å². The number of carbonyl (C=O) groups is 3. The highest BCUT2D eigenvalue weighted by Crippen LogP contribution is 2.46. The summed E-state index contributed by atoms with van der Waals surface area (Å²) < 4.78 is 28.3. The minimum absolute atomic E-state index is 0.0946. The molecule has 1 N–H and O–H groups in total. The second kappa shape index (κ2) is 13.4. The number of thiazole rings is 1. The number of aromatic nitrogens is 1. The molecule has 1 amide bonds. The van der Waals surface area contributed by atoms with Crippen LogP contribution in [0, 0.1) is 6.92 Å². The number of Topliss-reactive ketones (excluding diaryl/α,β-unsaturated/α-hetero) is 1. The maximum atomic E-state index is 14.2. The molecule has 0 aliphatic carbocycles. The topological polar surface area (TPSA) is 138 Å². The molecule has 0 radical (unpaired) electrons. The summed E-state index contributed by atoms with van der Waals surface area (Å²) in [7, 11) is 1.49. The van der Waals surface area contributed by atoms with Crippen molar-refractivity contribution in [2.45, 2.75) is 46.6 Å². The number of anilines is 1. The number of hydrogen-bond acceptors (Lipinski definition) is 11. The number of rotatable bonds is 13. The Morgan fingerprint density at radius 2 is 1.84 bits per heavy atom. The summed E-state index contributed by atoms with van der Waals surface area (Å²) in [5.41, 5.74) is 0.924. The summed E-state index contributed by atoms with van der Waals surface area (Å²) in [5, 5.41) is 12.0. The van der Waals surface area contributed by atoms with Crippen LogP contribution in [0.4, 0.5) is 5.13 Å². The summed E-state index contributed by atoms with van der Waals surface area (Å²) in [6.07, 6.45) is 1.80. The van der Waals surface area contributed by atoms with Gasteiger partial charge in [-0.2, -0.15) is 0 Å². The number of esters is 1. The van der Waals surface area contributed by atoms with Gasteiger partial charge in [0, 0.05) is 5.39 Å². The number of para-hydroxylation sites is 1. The smallest absolute Gasteiger partial charge is 0.350 e. The van der Waals surface area contributed by atoms with E-state index in [0.717, 1.165) is 24.2 Å². The van der Waals surface area contributed by atoms with Gasteiger partial charge in [-0.15, -0.1) is 0 Å². The molecule has 11 nitrogen and oxygen atoms in total. The van der Waals surface area contributed by atoms with Crippen molar-refractivity contribution in [2.24, 2.45) is 0 Å². The lowest BCUT2D eigenvalue weighted by Gasteiger charge is -2.25. The zero-order chi connectivity index (χ0) is 32.2. The van der Waals surface area contributed by atoms with Gasteiger partial charge >= 0.3 is 5.97 Å². The van der Waals surface area contributed by atoms with Crippen LogP contribution in [0.2, 0.25) is 0 Å². The van der Waals surface area contributed by atoms with Gasteiger partial charge in [0.2, 0.25) is 5.78 Å². The molecular weight excluding hydrogens is 600 g/mol. The summed E-state index contributed by atoms with van der Waals surface area (Å²) in [6.45, 7) is 8.19. The van der Waals surface area contributed by atoms with E-state index in [-0.39, 0.29) is 27.9 Å². The zero-order valence-corrected chi connectivity index (χ0v) is 26.5. The fourth-order valence-electron chi connectivity index (χ4n) is 5.07. The highest BCUT2D eigenvalue weighted by molar-refractivity contribution is 7.17. The molecule has 5 rings (SSSR count). The molecular formula is C33H34N2O9S. The number of ketones is 1. The molecule has 4 aromatic rings. The predicted octanol–water partition coefficient (Wildman–Crippen LogP) is 6.74. The van der Waals surface area contributed by atoms with Gasteiger partial charge in [0.15, 0.2) is 39.5 Å². The van der Waals surface area contributed by atoms with Gasteiger partial charge in [0.1, 0.15) is 4.88 Å². The van der Waals surface area contributed by atoms with Crippen molar-refractivity contribution in [1.82, 2.24) is 4.98 Å². The lowest BCUT2D eigenvalue weighted by molar-refractivity contribution is -0.117. The first-order valence-electron chi connectivity index (χ1n) is 14.7. The average molecular weight is 635 g/mol. The van der Waals surface area contributed by atoms with E-state index in [9.17, 15) is 19.5 Å². The number of fused-ring (bicyclic) bond motifs is 1. The number of carbonyl (C=O) groups excluding carboxylic acids is 3. The van der Waals surface area contributed by atoms with Gasteiger partial charge in [-0.05, 0) is 57.0 Å². The lowest BCUT2D eigenvalue weighted by atomic mass is 9.95. The first-order valence-corrected chi connectivity index (χ1v) is 15.5. The molecule has 0 bridgehead atoms. The highest BCUT2D eigenvalue weighted by atomic mass is 32.1. The molecule has 3 heterocycles. The molecule has 12 heteroatoms. The molecule has 0 saturated heterocycles. The number of amides is 1. The molecule has 0 spiro atoms. The summed E-state index contributed by atoms with van der Waals surface area (Å²) in [5.74, 6) is -1.66. The Kier molecular flexibility index (Phi) is 9.43. The maximum Gasteiger partial charge on any atom is 0.350 e. The van der Waals surface area contributed by atoms with E-state index in [1.165, 1.54) is 18.1 Å². The number of methoxy groups -OCH3 is 1. The van der Waals surface area contributed by atoms with Crippen molar-refractivity contribution in [3.63, 3.8) is 0 Å². The molecule has 236 valence electrons. The summed E-state index contributed by atoms with van der Waals surface area (Å²) >= 11 is 0.933. The van der Waals surface area contributed by atoms with Crippen LogP contribution in [0.3, 0.4) is 0 Å². The number of nitrogens with zero attached hydrogens (tertiary/aromatic N) is 2. The Morgan fingerprint density at radius 3 is 2.56 bits per heavy atom. The summed E-state index contributed by atoms with van der Waals surface area (Å²) in [4.78, 5) is 46.5. The minimum Gasteiger partial charge on any atom is -0.503 e. The Balaban J connectivity index is 1.65. The molecule has 1 aliphatic heterocycles. The second-order valence-corrected chi connectivity index (χ2v) is 11.1. The van der Waals surface area contributed by atoms with Crippen LogP contribution in [0.25, 0.3) is 11.0 Å². The van der Waals surface area contributed by atoms with Crippen LogP contribution in [-0.2, 0) is 9.53 Å². The van der Waals surface area contributed by atoms with Crippen molar-refractivity contribution >= 4 is 45.1 Å². The van der Waals surface area contributed by atoms with Gasteiger partial charge in [-0.25, -0.2) is 9.78 Å². The van der Waals surface area contributed by atoms with Crippen LogP contribution in [0.5, 0.6) is 17.2 Å². The van der Waals surface area contributed by atoms with Crippen molar-refractivity contribution < 1.29 is 42.9 Å². The van der Waals surface area contributed by atoms with Crippen LogP contribution >= 0.6 is 11.3 Å². The minimum atomic E-state index is -1.15. The van der Waals surface area contributed by atoms with Gasteiger partial charge in [0.05, 0.1) is 44.2 Å².